The zero-order valence-corrected chi connectivity index (χ0v) is 8.81. The number of ether oxygens (including phenoxy) is 2. The van der Waals surface area contributed by atoms with Crippen molar-refractivity contribution in [2.24, 2.45) is 5.73 Å². The van der Waals surface area contributed by atoms with Crippen LogP contribution in [0.5, 0.6) is 5.75 Å². The molecule has 0 unspecified atom stereocenters. The number of para-hydroxylation sites is 1. The van der Waals surface area contributed by atoms with Crippen LogP contribution in [0.2, 0.25) is 0 Å². The molecule has 0 saturated carbocycles. The molecule has 1 aliphatic rings. The fourth-order valence-corrected chi connectivity index (χ4v) is 1.47. The van der Waals surface area contributed by atoms with Crippen molar-refractivity contribution < 1.29 is 14.3 Å². The van der Waals surface area contributed by atoms with Gasteiger partial charge >= 0.3 is 5.97 Å². The molecule has 4 heteroatoms. The summed E-state index contributed by atoms with van der Waals surface area (Å²) in [7, 11) is 0. The number of carbonyl (C=O) groups excluding carboxylic acids is 1. The number of esters is 1. The van der Waals surface area contributed by atoms with Crippen LogP contribution < -0.4 is 10.5 Å². The highest BCUT2D eigenvalue weighted by Crippen LogP contribution is 2.26. The summed E-state index contributed by atoms with van der Waals surface area (Å²) in [4.78, 5) is 11.2. The second-order valence-corrected chi connectivity index (χ2v) is 3.45. The van der Waals surface area contributed by atoms with Crippen LogP contribution in [0, 0.1) is 0 Å². The molecule has 0 radical (unpaired) electrons. The van der Waals surface area contributed by atoms with Gasteiger partial charge in [0.2, 0.25) is 0 Å². The van der Waals surface area contributed by atoms with Crippen molar-refractivity contribution in [3.8, 4) is 5.75 Å². The molecule has 2 N–H and O–H groups in total. The van der Waals surface area contributed by atoms with Gasteiger partial charge in [0.1, 0.15) is 18.1 Å². The lowest BCUT2D eigenvalue weighted by Crippen LogP contribution is -2.16. The molecule has 0 fully saturated rings. The van der Waals surface area contributed by atoms with Crippen molar-refractivity contribution in [1.82, 2.24) is 0 Å². The van der Waals surface area contributed by atoms with Crippen molar-refractivity contribution in [1.29, 1.82) is 0 Å². The Hall–Kier alpha value is -1.81. The first-order valence-electron chi connectivity index (χ1n) is 5.13. The Labute approximate surface area is 93.7 Å². The van der Waals surface area contributed by atoms with Crippen LogP contribution in [0.25, 0.3) is 6.08 Å². The third kappa shape index (κ3) is 2.41. The predicted molar refractivity (Wildman–Crippen MR) is 59.7 cm³/mol. The summed E-state index contributed by atoms with van der Waals surface area (Å²) in [5, 5.41) is 0. The highest BCUT2D eigenvalue weighted by Gasteiger charge is 2.14. The Bertz CT molecular complexity index is 426. The summed E-state index contributed by atoms with van der Waals surface area (Å²) in [6, 6.07) is 7.59. The molecule has 0 saturated heterocycles. The van der Waals surface area contributed by atoms with E-state index in [-0.39, 0.29) is 19.0 Å². The Balaban J connectivity index is 2.09. The molecule has 84 valence electrons. The first-order valence-corrected chi connectivity index (χ1v) is 5.13. The zero-order chi connectivity index (χ0) is 11.4. The molecule has 1 aliphatic heterocycles. The zero-order valence-electron chi connectivity index (χ0n) is 8.81. The lowest BCUT2D eigenvalue weighted by atomic mass is 10.1. The third-order valence-corrected chi connectivity index (χ3v) is 2.20. The third-order valence-electron chi connectivity index (χ3n) is 2.20. The minimum atomic E-state index is -0.322. The van der Waals surface area contributed by atoms with Gasteiger partial charge in [0, 0.05) is 12.1 Å². The standard InChI is InChI=1S/C12H13NO3/c13-6-5-12(14)16-10-7-9-3-1-2-4-11(9)15-8-10/h1-4,7H,5-6,8,13H2. The van der Waals surface area contributed by atoms with Gasteiger partial charge in [-0.3, -0.25) is 4.79 Å². The number of benzene rings is 1. The molecular weight excluding hydrogens is 206 g/mol. The molecule has 16 heavy (non-hydrogen) atoms. The summed E-state index contributed by atoms with van der Waals surface area (Å²) in [5.41, 5.74) is 6.18. The van der Waals surface area contributed by atoms with Crippen molar-refractivity contribution >= 4 is 12.0 Å². The molecule has 0 bridgehead atoms. The Morgan fingerprint density at radius 1 is 1.44 bits per heavy atom. The average molecular weight is 219 g/mol. The Morgan fingerprint density at radius 3 is 3.06 bits per heavy atom. The number of nitrogens with two attached hydrogens (primary N) is 1. The molecule has 1 aromatic carbocycles. The molecule has 2 rings (SSSR count). The van der Waals surface area contributed by atoms with Gasteiger partial charge < -0.3 is 15.2 Å². The molecule has 0 aromatic heterocycles. The van der Waals surface area contributed by atoms with Gasteiger partial charge in [0.05, 0.1) is 6.42 Å². The van der Waals surface area contributed by atoms with Gasteiger partial charge in [-0.2, -0.15) is 0 Å². The van der Waals surface area contributed by atoms with Crippen LogP contribution in [-0.4, -0.2) is 19.1 Å². The number of rotatable bonds is 3. The maximum atomic E-state index is 11.2. The van der Waals surface area contributed by atoms with E-state index in [9.17, 15) is 4.79 Å². The van der Waals surface area contributed by atoms with Crippen LogP contribution >= 0.6 is 0 Å². The number of carbonyl (C=O) groups is 1. The summed E-state index contributed by atoms with van der Waals surface area (Å²) in [6.07, 6.45) is 2.03. The monoisotopic (exact) mass is 219 g/mol. The molecule has 0 amide bonds. The van der Waals surface area contributed by atoms with Crippen LogP contribution in [-0.2, 0) is 9.53 Å². The van der Waals surface area contributed by atoms with Crippen molar-refractivity contribution in [3.63, 3.8) is 0 Å². The van der Waals surface area contributed by atoms with E-state index in [0.29, 0.717) is 12.3 Å². The van der Waals surface area contributed by atoms with Gasteiger partial charge in [-0.05, 0) is 12.1 Å². The van der Waals surface area contributed by atoms with E-state index >= 15 is 0 Å². The van der Waals surface area contributed by atoms with E-state index in [1.54, 1.807) is 0 Å². The number of hydrogen-bond acceptors (Lipinski definition) is 4. The van der Waals surface area contributed by atoms with Crippen LogP contribution in [0.15, 0.2) is 30.0 Å². The minimum absolute atomic E-state index is 0.221. The quantitative estimate of drug-likeness (QED) is 0.778. The Kier molecular flexibility index (Phi) is 3.22. The SMILES string of the molecule is NCCC(=O)OC1=Cc2ccccc2OC1. The fourth-order valence-electron chi connectivity index (χ4n) is 1.47. The minimum Gasteiger partial charge on any atom is -0.485 e. The summed E-state index contributed by atoms with van der Waals surface area (Å²) in [5.74, 6) is 1.01. The lowest BCUT2D eigenvalue weighted by molar-refractivity contribution is -0.139. The summed E-state index contributed by atoms with van der Waals surface area (Å²) in [6.45, 7) is 0.580. The highest BCUT2D eigenvalue weighted by atomic mass is 16.6. The maximum Gasteiger partial charge on any atom is 0.312 e. The van der Waals surface area contributed by atoms with Gasteiger partial charge in [0.25, 0.3) is 0 Å². The van der Waals surface area contributed by atoms with E-state index in [0.717, 1.165) is 11.3 Å². The van der Waals surface area contributed by atoms with Crippen LogP contribution in [0.3, 0.4) is 0 Å². The van der Waals surface area contributed by atoms with Gasteiger partial charge in [0.15, 0.2) is 0 Å². The topological polar surface area (TPSA) is 61.6 Å². The second-order valence-electron chi connectivity index (χ2n) is 3.45. The largest absolute Gasteiger partial charge is 0.485 e. The van der Waals surface area contributed by atoms with E-state index in [4.69, 9.17) is 15.2 Å². The second kappa shape index (κ2) is 4.81. The molecule has 1 heterocycles. The van der Waals surface area contributed by atoms with Crippen molar-refractivity contribution in [2.75, 3.05) is 13.2 Å². The molecule has 0 aliphatic carbocycles. The smallest absolute Gasteiger partial charge is 0.312 e. The van der Waals surface area contributed by atoms with Gasteiger partial charge in [-0.25, -0.2) is 0 Å². The van der Waals surface area contributed by atoms with E-state index in [1.165, 1.54) is 0 Å². The highest BCUT2D eigenvalue weighted by molar-refractivity contribution is 5.73. The summed E-state index contributed by atoms with van der Waals surface area (Å²) >= 11 is 0. The van der Waals surface area contributed by atoms with E-state index in [2.05, 4.69) is 0 Å². The van der Waals surface area contributed by atoms with Crippen LogP contribution in [0.4, 0.5) is 0 Å². The average Bonchev–Trinajstić information content (AvgIpc) is 2.29. The van der Waals surface area contributed by atoms with Crippen LogP contribution in [0.1, 0.15) is 12.0 Å². The van der Waals surface area contributed by atoms with Crippen molar-refractivity contribution in [2.45, 2.75) is 6.42 Å². The molecule has 0 atom stereocenters. The summed E-state index contributed by atoms with van der Waals surface area (Å²) < 4.78 is 10.5. The molecule has 0 spiro atoms. The first-order chi connectivity index (χ1) is 7.79. The van der Waals surface area contributed by atoms with E-state index < -0.39 is 0 Å². The fraction of sp³-hybridized carbons (Fsp3) is 0.250. The van der Waals surface area contributed by atoms with Gasteiger partial charge in [-0.15, -0.1) is 0 Å². The molecule has 1 aromatic rings. The number of hydrogen-bond donors (Lipinski definition) is 1. The normalized spacial score (nSPS) is 13.4. The maximum absolute atomic E-state index is 11.2. The van der Waals surface area contributed by atoms with E-state index in [1.807, 2.05) is 30.3 Å². The molecule has 4 nitrogen and oxygen atoms in total. The predicted octanol–water partition coefficient (Wildman–Crippen LogP) is 1.31. The Morgan fingerprint density at radius 2 is 2.25 bits per heavy atom. The number of fused-ring (bicyclic) bond motifs is 1. The van der Waals surface area contributed by atoms with Gasteiger partial charge in [-0.1, -0.05) is 18.2 Å². The van der Waals surface area contributed by atoms with Crippen molar-refractivity contribution in [3.05, 3.63) is 35.6 Å². The molecular formula is C12H13NO3. The lowest BCUT2D eigenvalue weighted by Gasteiger charge is -2.17. The first kappa shape index (κ1) is 10.7.